The molecule has 2 aromatic carbocycles. The maximum absolute atomic E-state index is 10.6. The van der Waals surface area contributed by atoms with E-state index in [1.54, 1.807) is 11.3 Å². The van der Waals surface area contributed by atoms with Crippen LogP contribution in [0.4, 0.5) is 13.2 Å². The van der Waals surface area contributed by atoms with Crippen LogP contribution < -0.4 is 4.74 Å². The van der Waals surface area contributed by atoms with Crippen LogP contribution in [0.15, 0.2) is 60.0 Å². The number of nitrogens with zero attached hydrogens (tertiary/aromatic N) is 2. The van der Waals surface area contributed by atoms with Crippen LogP contribution in [0.25, 0.3) is 22.5 Å². The van der Waals surface area contributed by atoms with Crippen molar-refractivity contribution in [2.75, 3.05) is 24.8 Å². The molecular formula is C29H24F3N3O3S2. The number of alkyl halides is 3. The van der Waals surface area contributed by atoms with Gasteiger partial charge < -0.3 is 9.84 Å². The summed E-state index contributed by atoms with van der Waals surface area (Å²) in [5.41, 5.74) is 8.73. The Morgan fingerprint density at radius 2 is 1.98 bits per heavy atom. The molecule has 0 bridgehead atoms. The Kier molecular flexibility index (Phi) is 8.49. The molecule has 1 saturated heterocycles. The molecule has 0 saturated carbocycles. The number of benzene rings is 2. The maximum atomic E-state index is 10.6. The van der Waals surface area contributed by atoms with E-state index >= 15 is 0 Å². The second-order valence-electron chi connectivity index (χ2n) is 9.09. The standard InChI is InChI=1S/C27H23N3OS2.C2HF3O2/c1-2-5-22(6-3-1)31-11-4-7-23-14-21(17-33-23)26-25-15-20-13-19(16-30-10-12-32-18-30)8-9-24(20)27(25)29-28-26;3-2(4,5)1(6)7/h1-3,5-6,8-9,13-14,17H,10-12,15-16,18H2,(H,28,29);(H,6,7). The minimum absolute atomic E-state index is 0.378. The zero-order valence-corrected chi connectivity index (χ0v) is 22.8. The predicted molar refractivity (Wildman–Crippen MR) is 150 cm³/mol. The summed E-state index contributed by atoms with van der Waals surface area (Å²) in [6.07, 6.45) is -4.15. The van der Waals surface area contributed by atoms with Crippen LogP contribution in [0.2, 0.25) is 0 Å². The number of hydrogen-bond donors (Lipinski definition) is 2. The normalized spacial score (nSPS) is 14.0. The summed E-state index contributed by atoms with van der Waals surface area (Å²) >= 11 is 3.67. The van der Waals surface area contributed by atoms with E-state index < -0.39 is 12.1 Å². The number of hydrogen-bond acceptors (Lipinski definition) is 6. The summed E-state index contributed by atoms with van der Waals surface area (Å²) in [6, 6.07) is 18.8. The SMILES string of the molecule is C(#Cc1cc(-c2n[nH]c3c2Cc2cc(CN4CCSC4)ccc2-3)cs1)COc1ccccc1.O=C(O)C(F)(F)F. The summed E-state index contributed by atoms with van der Waals surface area (Å²) in [4.78, 5) is 12.4. The largest absolute Gasteiger partial charge is 0.490 e. The highest BCUT2D eigenvalue weighted by Gasteiger charge is 2.38. The maximum Gasteiger partial charge on any atom is 0.490 e. The van der Waals surface area contributed by atoms with E-state index in [4.69, 9.17) is 14.6 Å². The van der Waals surface area contributed by atoms with Crippen LogP contribution in [0.3, 0.4) is 0 Å². The van der Waals surface area contributed by atoms with Crippen molar-refractivity contribution in [2.45, 2.75) is 19.1 Å². The smallest absolute Gasteiger partial charge is 0.481 e. The number of thioether (sulfide) groups is 1. The van der Waals surface area contributed by atoms with Crippen LogP contribution in [0, 0.1) is 11.8 Å². The van der Waals surface area contributed by atoms with Gasteiger partial charge in [0.05, 0.1) is 16.3 Å². The molecule has 0 spiro atoms. The second-order valence-corrected chi connectivity index (χ2v) is 11.1. The molecule has 1 aliphatic carbocycles. The Labute approximate surface area is 237 Å². The van der Waals surface area contributed by atoms with E-state index in [0.29, 0.717) is 6.61 Å². The lowest BCUT2D eigenvalue weighted by Crippen LogP contribution is -2.21. The number of aromatic amines is 1. The lowest BCUT2D eigenvalue weighted by Gasteiger charge is -2.14. The van der Waals surface area contributed by atoms with Gasteiger partial charge in [-0.3, -0.25) is 10.00 Å². The lowest BCUT2D eigenvalue weighted by molar-refractivity contribution is -0.192. The van der Waals surface area contributed by atoms with E-state index in [0.717, 1.165) is 40.7 Å². The van der Waals surface area contributed by atoms with Crippen molar-refractivity contribution < 1.29 is 27.8 Å². The highest BCUT2D eigenvalue weighted by Crippen LogP contribution is 2.41. The number of carboxylic acid groups (broad SMARTS) is 1. The first-order valence-corrected chi connectivity index (χ1v) is 14.4. The second kappa shape index (κ2) is 12.2. The first kappa shape index (κ1) is 27.8. The van der Waals surface area contributed by atoms with Gasteiger partial charge >= 0.3 is 12.1 Å². The molecule has 0 unspecified atom stereocenters. The minimum atomic E-state index is -5.08. The Balaban J connectivity index is 0.000000411. The Morgan fingerprint density at radius 1 is 1.18 bits per heavy atom. The average Bonchev–Trinajstić information content (AvgIpc) is 3.72. The molecular weight excluding hydrogens is 559 g/mol. The quantitative estimate of drug-likeness (QED) is 0.237. The number of rotatable bonds is 5. The molecule has 4 aromatic rings. The van der Waals surface area contributed by atoms with Gasteiger partial charge in [0.1, 0.15) is 12.4 Å². The zero-order valence-electron chi connectivity index (χ0n) is 21.1. The average molecular weight is 584 g/mol. The molecule has 0 atom stereocenters. The van der Waals surface area contributed by atoms with Crippen LogP contribution in [0.1, 0.15) is 21.6 Å². The van der Waals surface area contributed by atoms with Gasteiger partial charge in [-0.15, -0.1) is 23.1 Å². The molecule has 2 aliphatic rings. The molecule has 40 heavy (non-hydrogen) atoms. The third-order valence-electron chi connectivity index (χ3n) is 6.29. The first-order chi connectivity index (χ1) is 19.3. The molecule has 6 rings (SSSR count). The number of aliphatic carboxylic acids is 1. The number of ether oxygens (including phenoxy) is 1. The number of carbonyl (C=O) groups is 1. The molecule has 1 fully saturated rings. The first-order valence-electron chi connectivity index (χ1n) is 12.3. The van der Waals surface area contributed by atoms with Gasteiger partial charge in [0.25, 0.3) is 0 Å². The lowest BCUT2D eigenvalue weighted by atomic mass is 10.0. The van der Waals surface area contributed by atoms with E-state index in [1.165, 1.54) is 40.2 Å². The number of aromatic nitrogens is 2. The number of H-pyrrole nitrogens is 1. The summed E-state index contributed by atoms with van der Waals surface area (Å²) in [5, 5.41) is 17.2. The van der Waals surface area contributed by atoms with Crippen LogP contribution in [0.5, 0.6) is 5.75 Å². The number of thiophene rings is 1. The predicted octanol–water partition coefficient (Wildman–Crippen LogP) is 6.28. The molecule has 1 aliphatic heterocycles. The fourth-order valence-corrected chi connectivity index (χ4v) is 6.20. The van der Waals surface area contributed by atoms with E-state index in [9.17, 15) is 13.2 Å². The molecule has 6 nitrogen and oxygen atoms in total. The fourth-order valence-electron chi connectivity index (χ4n) is 4.44. The monoisotopic (exact) mass is 583 g/mol. The molecule has 0 amide bonds. The van der Waals surface area contributed by atoms with Crippen molar-refractivity contribution in [3.63, 3.8) is 0 Å². The van der Waals surface area contributed by atoms with E-state index in [-0.39, 0.29) is 0 Å². The Hall–Kier alpha value is -3.72. The third kappa shape index (κ3) is 6.70. The molecule has 3 heterocycles. The molecule has 206 valence electrons. The minimum Gasteiger partial charge on any atom is -0.481 e. The van der Waals surface area contributed by atoms with Gasteiger partial charge in [0.2, 0.25) is 0 Å². The molecule has 11 heteroatoms. The van der Waals surface area contributed by atoms with Crippen molar-refractivity contribution in [2.24, 2.45) is 0 Å². The van der Waals surface area contributed by atoms with Crippen molar-refractivity contribution in [3.05, 3.63) is 81.5 Å². The number of nitrogens with one attached hydrogen (secondary N) is 1. The van der Waals surface area contributed by atoms with Gasteiger partial charge in [-0.1, -0.05) is 48.2 Å². The van der Waals surface area contributed by atoms with Gasteiger partial charge in [-0.2, -0.15) is 18.3 Å². The van der Waals surface area contributed by atoms with Crippen molar-refractivity contribution in [1.82, 2.24) is 15.1 Å². The molecule has 2 N–H and O–H groups in total. The van der Waals surface area contributed by atoms with E-state index in [2.05, 4.69) is 56.6 Å². The van der Waals surface area contributed by atoms with Gasteiger partial charge in [-0.05, 0) is 29.3 Å². The van der Waals surface area contributed by atoms with E-state index in [1.807, 2.05) is 42.1 Å². The van der Waals surface area contributed by atoms with Gasteiger partial charge in [0, 0.05) is 53.2 Å². The van der Waals surface area contributed by atoms with Gasteiger partial charge in [0.15, 0.2) is 0 Å². The van der Waals surface area contributed by atoms with Crippen molar-refractivity contribution in [1.29, 1.82) is 0 Å². The molecule has 2 aromatic heterocycles. The van der Waals surface area contributed by atoms with Crippen molar-refractivity contribution in [3.8, 4) is 40.1 Å². The summed E-state index contributed by atoms with van der Waals surface area (Å²) < 4.78 is 37.4. The topological polar surface area (TPSA) is 78.5 Å². The zero-order chi connectivity index (χ0) is 28.1. The van der Waals surface area contributed by atoms with Crippen LogP contribution in [-0.2, 0) is 17.8 Å². The summed E-state index contributed by atoms with van der Waals surface area (Å²) in [5.74, 6) is 6.81. The Bertz CT molecular complexity index is 1550. The summed E-state index contributed by atoms with van der Waals surface area (Å²) in [6.45, 7) is 2.61. The third-order valence-corrected chi connectivity index (χ3v) is 8.15. The number of carboxylic acids is 1. The number of para-hydroxylation sites is 1. The van der Waals surface area contributed by atoms with Crippen molar-refractivity contribution >= 4 is 29.1 Å². The van der Waals surface area contributed by atoms with Gasteiger partial charge in [-0.25, -0.2) is 4.79 Å². The number of fused-ring (bicyclic) bond motifs is 3. The molecule has 0 radical (unpaired) electrons. The summed E-state index contributed by atoms with van der Waals surface area (Å²) in [7, 11) is 0. The highest BCUT2D eigenvalue weighted by atomic mass is 32.2. The fraction of sp³-hybridized carbons (Fsp3) is 0.241. The highest BCUT2D eigenvalue weighted by molar-refractivity contribution is 7.99. The van der Waals surface area contributed by atoms with Crippen LogP contribution in [-0.4, -0.2) is 57.1 Å². The number of halogens is 3. The van der Waals surface area contributed by atoms with Crippen LogP contribution >= 0.6 is 23.1 Å². The Morgan fingerprint density at radius 3 is 2.70 bits per heavy atom.